The smallest absolute Gasteiger partial charge is 0.255 e. The molecule has 0 bridgehead atoms. The van der Waals surface area contributed by atoms with Crippen molar-refractivity contribution in [1.29, 1.82) is 5.41 Å². The molecule has 3 rings (SSSR count). The minimum absolute atomic E-state index is 0.256. The van der Waals surface area contributed by atoms with Gasteiger partial charge in [0.05, 0.1) is 18.3 Å². The van der Waals surface area contributed by atoms with Crippen molar-refractivity contribution in [3.05, 3.63) is 47.5 Å². The summed E-state index contributed by atoms with van der Waals surface area (Å²) in [7, 11) is 0. The van der Waals surface area contributed by atoms with Crippen molar-refractivity contribution in [1.82, 2.24) is 15.3 Å². The molecule has 0 spiro atoms. The second kappa shape index (κ2) is 10.6. The van der Waals surface area contributed by atoms with E-state index in [0.717, 1.165) is 6.21 Å². The van der Waals surface area contributed by atoms with Crippen molar-refractivity contribution in [3.63, 3.8) is 0 Å². The van der Waals surface area contributed by atoms with E-state index in [1.165, 1.54) is 18.5 Å². The van der Waals surface area contributed by atoms with Crippen LogP contribution < -0.4 is 16.0 Å². The van der Waals surface area contributed by atoms with Gasteiger partial charge in [-0.05, 0) is 24.5 Å². The van der Waals surface area contributed by atoms with Crippen LogP contribution >= 0.6 is 0 Å². The highest BCUT2D eigenvalue weighted by atomic mass is 19.3. The number of hydrogen-bond acceptors (Lipinski definition) is 7. The van der Waals surface area contributed by atoms with E-state index in [1.54, 1.807) is 17.0 Å². The van der Waals surface area contributed by atoms with Crippen molar-refractivity contribution in [2.75, 3.05) is 24.5 Å². The molecule has 1 aromatic carbocycles. The largest absolute Gasteiger partial charge is 0.390 e. The number of aryl methyl sites for hydroxylation is 1. The van der Waals surface area contributed by atoms with Gasteiger partial charge in [-0.2, -0.15) is 0 Å². The Kier molecular flexibility index (Phi) is 7.81. The average Bonchev–Trinajstić information content (AvgIpc) is 2.78. The van der Waals surface area contributed by atoms with Crippen molar-refractivity contribution >= 4 is 17.7 Å². The number of alkyl halides is 2. The molecule has 2 unspecified atom stereocenters. The van der Waals surface area contributed by atoms with Crippen LogP contribution in [0.15, 0.2) is 30.6 Å². The zero-order valence-electron chi connectivity index (χ0n) is 17.7. The normalized spacial score (nSPS) is 19.3. The van der Waals surface area contributed by atoms with Gasteiger partial charge in [0.1, 0.15) is 5.82 Å². The maximum absolute atomic E-state index is 14.5. The summed E-state index contributed by atoms with van der Waals surface area (Å²) in [6.07, 6.45) is 1.58. The summed E-state index contributed by atoms with van der Waals surface area (Å²) in [6.45, 7) is 2.08. The van der Waals surface area contributed by atoms with E-state index in [9.17, 15) is 18.3 Å². The standard InChI is InChI=1S/C22H27F3N6O/c1-2-13-3-4-14(7-17(13)23)21-16(15(8-26)9-28-11-20(24)25)10-29-22(30-21)31-6-5-18(27)19(32)12-31/h3-4,7-10,18-20,26,28,32H,2,5-6,11-12,27H2,1H3/b15-9+,26-8?. The van der Waals surface area contributed by atoms with Crippen LogP contribution in [0.25, 0.3) is 16.8 Å². The van der Waals surface area contributed by atoms with E-state index in [1.807, 2.05) is 6.92 Å². The summed E-state index contributed by atoms with van der Waals surface area (Å²) in [5.41, 5.74) is 7.92. The highest BCUT2D eigenvalue weighted by Gasteiger charge is 2.27. The molecule has 2 atom stereocenters. The van der Waals surface area contributed by atoms with Gasteiger partial charge >= 0.3 is 0 Å². The summed E-state index contributed by atoms with van der Waals surface area (Å²) < 4.78 is 39.6. The van der Waals surface area contributed by atoms with Crippen molar-refractivity contribution < 1.29 is 18.3 Å². The van der Waals surface area contributed by atoms with Crippen LogP contribution in [0.2, 0.25) is 0 Å². The Hall–Kier alpha value is -2.98. The first kappa shape index (κ1) is 23.7. The second-order valence-corrected chi connectivity index (χ2v) is 7.60. The number of aromatic nitrogens is 2. The number of anilines is 1. The van der Waals surface area contributed by atoms with Gasteiger partial charge in [0.15, 0.2) is 0 Å². The van der Waals surface area contributed by atoms with Crippen molar-refractivity contribution in [2.45, 2.75) is 38.3 Å². The number of nitrogens with two attached hydrogens (primary N) is 1. The molecule has 0 aliphatic carbocycles. The maximum Gasteiger partial charge on any atom is 0.255 e. The SMILES string of the molecule is CCc1ccc(-c2nc(N3CCC(N)C(O)C3)ncc2/C(C=N)=C/NCC(F)F)cc1F. The molecule has 32 heavy (non-hydrogen) atoms. The van der Waals surface area contributed by atoms with E-state index in [-0.39, 0.29) is 24.0 Å². The number of hydrogen-bond donors (Lipinski definition) is 4. The quantitative estimate of drug-likeness (QED) is 0.462. The van der Waals surface area contributed by atoms with Gasteiger partial charge in [-0.3, -0.25) is 0 Å². The first-order valence-electron chi connectivity index (χ1n) is 10.4. The molecule has 2 aromatic rings. The molecule has 1 saturated heterocycles. The van der Waals surface area contributed by atoms with Crippen molar-refractivity contribution in [2.24, 2.45) is 5.73 Å². The molecular weight excluding hydrogens is 421 g/mol. The molecule has 0 radical (unpaired) electrons. The predicted molar refractivity (Wildman–Crippen MR) is 118 cm³/mol. The lowest BCUT2D eigenvalue weighted by Gasteiger charge is -2.34. The second-order valence-electron chi connectivity index (χ2n) is 7.60. The predicted octanol–water partition coefficient (Wildman–Crippen LogP) is 2.59. The molecule has 172 valence electrons. The van der Waals surface area contributed by atoms with Gasteiger partial charge in [0.2, 0.25) is 5.95 Å². The van der Waals surface area contributed by atoms with Gasteiger partial charge in [-0.1, -0.05) is 19.1 Å². The van der Waals surface area contributed by atoms with Crippen LogP contribution in [0.4, 0.5) is 19.1 Å². The van der Waals surface area contributed by atoms with Crippen LogP contribution in [0.1, 0.15) is 24.5 Å². The monoisotopic (exact) mass is 448 g/mol. The summed E-state index contributed by atoms with van der Waals surface area (Å²) >= 11 is 0. The minimum Gasteiger partial charge on any atom is -0.390 e. The molecule has 1 fully saturated rings. The number of halogens is 3. The Bertz CT molecular complexity index is 984. The number of nitrogens with one attached hydrogen (secondary N) is 2. The third-order valence-electron chi connectivity index (χ3n) is 5.40. The Morgan fingerprint density at radius 2 is 2.22 bits per heavy atom. The molecular formula is C22H27F3N6O. The topological polar surface area (TPSA) is 111 Å². The number of β-amino-alcohol motifs (C(OH)–C–C–N with tert-alkyl or cyclic N) is 1. The lowest BCUT2D eigenvalue weighted by molar-refractivity contribution is 0.131. The summed E-state index contributed by atoms with van der Waals surface area (Å²) in [5, 5.41) is 20.4. The fourth-order valence-electron chi connectivity index (χ4n) is 3.52. The van der Waals surface area contributed by atoms with E-state index in [0.29, 0.717) is 47.7 Å². The first-order chi connectivity index (χ1) is 15.3. The van der Waals surface area contributed by atoms with Crippen LogP contribution in [-0.4, -0.2) is 59.5 Å². The van der Waals surface area contributed by atoms with E-state index < -0.39 is 19.1 Å². The molecule has 7 nitrogen and oxygen atoms in total. The van der Waals surface area contributed by atoms with Gasteiger partial charge in [0, 0.05) is 54.4 Å². The van der Waals surface area contributed by atoms with E-state index >= 15 is 0 Å². The Morgan fingerprint density at radius 3 is 2.84 bits per heavy atom. The summed E-state index contributed by atoms with van der Waals surface area (Å²) in [5.74, 6) is -0.0498. The summed E-state index contributed by atoms with van der Waals surface area (Å²) in [6, 6.07) is 4.44. The lowest BCUT2D eigenvalue weighted by Crippen LogP contribution is -2.51. The molecule has 5 N–H and O–H groups in total. The van der Waals surface area contributed by atoms with Gasteiger partial charge < -0.3 is 26.5 Å². The first-order valence-corrected chi connectivity index (χ1v) is 10.4. The summed E-state index contributed by atoms with van der Waals surface area (Å²) in [4.78, 5) is 10.8. The number of aliphatic hydroxyl groups is 1. The van der Waals surface area contributed by atoms with Gasteiger partial charge in [-0.25, -0.2) is 23.1 Å². The molecule has 10 heteroatoms. The minimum atomic E-state index is -2.55. The lowest BCUT2D eigenvalue weighted by atomic mass is 9.99. The van der Waals surface area contributed by atoms with Crippen LogP contribution in [0.3, 0.4) is 0 Å². The fraction of sp³-hybridized carbons (Fsp3) is 0.409. The van der Waals surface area contributed by atoms with Crippen LogP contribution in [0, 0.1) is 11.2 Å². The molecule has 1 aliphatic rings. The molecule has 2 heterocycles. The average molecular weight is 448 g/mol. The molecule has 0 saturated carbocycles. The number of benzene rings is 1. The van der Waals surface area contributed by atoms with Crippen LogP contribution in [0.5, 0.6) is 0 Å². The third kappa shape index (κ3) is 5.43. The third-order valence-corrected chi connectivity index (χ3v) is 5.40. The Morgan fingerprint density at radius 1 is 1.44 bits per heavy atom. The number of nitrogens with zero attached hydrogens (tertiary/aromatic N) is 3. The number of allylic oxidation sites excluding steroid dienone is 1. The van der Waals surface area contributed by atoms with Gasteiger partial charge in [0.25, 0.3) is 6.43 Å². The molecule has 1 aromatic heterocycles. The Labute approximate surface area is 184 Å². The number of aliphatic hydroxyl groups excluding tert-OH is 1. The van der Waals surface area contributed by atoms with E-state index in [4.69, 9.17) is 11.1 Å². The number of rotatable bonds is 8. The highest BCUT2D eigenvalue weighted by molar-refractivity contribution is 6.10. The molecule has 0 amide bonds. The zero-order valence-corrected chi connectivity index (χ0v) is 17.7. The van der Waals surface area contributed by atoms with E-state index in [2.05, 4.69) is 15.3 Å². The zero-order chi connectivity index (χ0) is 23.3. The van der Waals surface area contributed by atoms with Gasteiger partial charge in [-0.15, -0.1) is 0 Å². The Balaban J connectivity index is 2.06. The maximum atomic E-state index is 14.5. The van der Waals surface area contributed by atoms with Crippen molar-refractivity contribution in [3.8, 4) is 11.3 Å². The molecule has 1 aliphatic heterocycles. The number of piperidine rings is 1. The highest BCUT2D eigenvalue weighted by Crippen LogP contribution is 2.30. The van der Waals surface area contributed by atoms with Crippen LogP contribution in [-0.2, 0) is 6.42 Å². The fourth-order valence-corrected chi connectivity index (χ4v) is 3.52.